The van der Waals surface area contributed by atoms with Crippen LogP contribution in [0.1, 0.15) is 36.9 Å². The number of hydrogen-bond acceptors (Lipinski definition) is 4. The van der Waals surface area contributed by atoms with Crippen molar-refractivity contribution in [3.8, 4) is 5.75 Å². The fraction of sp³-hybridized carbons (Fsp3) is 0.476. The SMILES string of the molecule is COc1cccc(CC[C@@H]2CCCN(C(=O)CCc3cnccn3)C2)c1. The van der Waals surface area contributed by atoms with Crippen LogP contribution in [0.25, 0.3) is 0 Å². The molecule has 2 aromatic rings. The Labute approximate surface area is 155 Å². The molecule has 5 nitrogen and oxygen atoms in total. The number of piperidine rings is 1. The van der Waals surface area contributed by atoms with Crippen molar-refractivity contribution in [3.63, 3.8) is 0 Å². The topological polar surface area (TPSA) is 55.3 Å². The highest BCUT2D eigenvalue weighted by molar-refractivity contribution is 5.76. The number of benzene rings is 1. The normalized spacial score (nSPS) is 17.1. The van der Waals surface area contributed by atoms with Gasteiger partial charge in [-0.25, -0.2) is 0 Å². The number of methoxy groups -OCH3 is 1. The minimum Gasteiger partial charge on any atom is -0.497 e. The van der Waals surface area contributed by atoms with Crippen LogP contribution in [0.5, 0.6) is 5.75 Å². The highest BCUT2D eigenvalue weighted by atomic mass is 16.5. The van der Waals surface area contributed by atoms with E-state index in [1.54, 1.807) is 25.7 Å². The predicted molar refractivity (Wildman–Crippen MR) is 101 cm³/mol. The molecule has 2 heterocycles. The number of hydrogen-bond donors (Lipinski definition) is 0. The summed E-state index contributed by atoms with van der Waals surface area (Å²) in [5, 5.41) is 0. The van der Waals surface area contributed by atoms with Gasteiger partial charge in [0, 0.05) is 38.1 Å². The molecule has 0 aliphatic carbocycles. The van der Waals surface area contributed by atoms with Crippen molar-refractivity contribution < 1.29 is 9.53 Å². The number of amides is 1. The Morgan fingerprint density at radius 2 is 2.23 bits per heavy atom. The second kappa shape index (κ2) is 9.32. The lowest BCUT2D eigenvalue weighted by Gasteiger charge is -2.33. The number of likely N-dealkylation sites (tertiary alicyclic amines) is 1. The zero-order valence-corrected chi connectivity index (χ0v) is 15.4. The van der Waals surface area contributed by atoms with E-state index < -0.39 is 0 Å². The third-order valence-electron chi connectivity index (χ3n) is 5.06. The molecule has 3 rings (SSSR count). The van der Waals surface area contributed by atoms with E-state index in [2.05, 4.69) is 22.1 Å². The van der Waals surface area contributed by atoms with Crippen molar-refractivity contribution in [1.82, 2.24) is 14.9 Å². The van der Waals surface area contributed by atoms with Gasteiger partial charge < -0.3 is 9.64 Å². The van der Waals surface area contributed by atoms with E-state index in [4.69, 9.17) is 4.74 Å². The summed E-state index contributed by atoms with van der Waals surface area (Å²) < 4.78 is 5.30. The number of carbonyl (C=O) groups is 1. The van der Waals surface area contributed by atoms with Crippen LogP contribution < -0.4 is 4.74 Å². The molecule has 1 aromatic heterocycles. The summed E-state index contributed by atoms with van der Waals surface area (Å²) >= 11 is 0. The average Bonchev–Trinajstić information content (AvgIpc) is 2.71. The van der Waals surface area contributed by atoms with Gasteiger partial charge in [-0.05, 0) is 55.7 Å². The lowest BCUT2D eigenvalue weighted by atomic mass is 9.91. The standard InChI is InChI=1S/C21H27N3O2/c1-26-20-6-2-4-17(14-20)7-8-18-5-3-13-24(16-18)21(25)10-9-19-15-22-11-12-23-19/h2,4,6,11-12,14-15,18H,3,5,7-10,13,16H2,1H3/t18-/m0/s1. The maximum atomic E-state index is 12.5. The summed E-state index contributed by atoms with van der Waals surface area (Å²) in [5.41, 5.74) is 2.18. The first-order valence-electron chi connectivity index (χ1n) is 9.40. The van der Waals surface area contributed by atoms with Gasteiger partial charge in [-0.15, -0.1) is 0 Å². The molecule has 0 radical (unpaired) electrons. The monoisotopic (exact) mass is 353 g/mol. The van der Waals surface area contributed by atoms with Crippen LogP contribution in [0.2, 0.25) is 0 Å². The second-order valence-electron chi connectivity index (χ2n) is 6.93. The van der Waals surface area contributed by atoms with Gasteiger partial charge >= 0.3 is 0 Å². The molecule has 0 spiro atoms. The zero-order valence-electron chi connectivity index (χ0n) is 15.4. The Kier molecular flexibility index (Phi) is 6.58. The van der Waals surface area contributed by atoms with Crippen molar-refractivity contribution in [3.05, 3.63) is 54.1 Å². The molecule has 1 aromatic carbocycles. The molecule has 0 N–H and O–H groups in total. The number of aromatic nitrogens is 2. The van der Waals surface area contributed by atoms with Crippen molar-refractivity contribution >= 4 is 5.91 Å². The van der Waals surface area contributed by atoms with Crippen LogP contribution in [0.3, 0.4) is 0 Å². The van der Waals surface area contributed by atoms with Gasteiger partial charge in [-0.2, -0.15) is 0 Å². The Bertz CT molecular complexity index is 705. The van der Waals surface area contributed by atoms with Crippen molar-refractivity contribution in [2.45, 2.75) is 38.5 Å². The molecule has 1 amide bonds. The lowest BCUT2D eigenvalue weighted by molar-refractivity contribution is -0.133. The highest BCUT2D eigenvalue weighted by Crippen LogP contribution is 2.23. The van der Waals surface area contributed by atoms with E-state index >= 15 is 0 Å². The van der Waals surface area contributed by atoms with Crippen LogP contribution in [-0.2, 0) is 17.6 Å². The average molecular weight is 353 g/mol. The molecule has 0 saturated carbocycles. The van der Waals surface area contributed by atoms with E-state index in [1.807, 2.05) is 17.0 Å². The molecule has 1 aliphatic heterocycles. The molecule has 1 aliphatic rings. The fourth-order valence-electron chi connectivity index (χ4n) is 3.58. The second-order valence-corrected chi connectivity index (χ2v) is 6.93. The smallest absolute Gasteiger partial charge is 0.222 e. The Balaban J connectivity index is 1.46. The summed E-state index contributed by atoms with van der Waals surface area (Å²) in [6, 6.07) is 8.26. The first-order valence-corrected chi connectivity index (χ1v) is 9.40. The lowest BCUT2D eigenvalue weighted by Crippen LogP contribution is -2.40. The minimum atomic E-state index is 0.238. The number of rotatable bonds is 7. The van der Waals surface area contributed by atoms with E-state index in [1.165, 1.54) is 12.0 Å². The summed E-state index contributed by atoms with van der Waals surface area (Å²) in [4.78, 5) is 22.9. The van der Waals surface area contributed by atoms with E-state index in [0.717, 1.165) is 43.8 Å². The molecule has 26 heavy (non-hydrogen) atoms. The van der Waals surface area contributed by atoms with Crippen molar-refractivity contribution in [1.29, 1.82) is 0 Å². The van der Waals surface area contributed by atoms with Crippen LogP contribution in [0.15, 0.2) is 42.9 Å². The Morgan fingerprint density at radius 3 is 3.04 bits per heavy atom. The predicted octanol–water partition coefficient (Wildman–Crippen LogP) is 3.29. The van der Waals surface area contributed by atoms with Crippen LogP contribution >= 0.6 is 0 Å². The van der Waals surface area contributed by atoms with Gasteiger partial charge in [0.25, 0.3) is 0 Å². The molecular weight excluding hydrogens is 326 g/mol. The first-order chi connectivity index (χ1) is 12.7. The highest BCUT2D eigenvalue weighted by Gasteiger charge is 2.23. The quantitative estimate of drug-likeness (QED) is 0.766. The van der Waals surface area contributed by atoms with Gasteiger partial charge in [0.2, 0.25) is 5.91 Å². The van der Waals surface area contributed by atoms with E-state index in [-0.39, 0.29) is 5.91 Å². The Hall–Kier alpha value is -2.43. The molecule has 0 unspecified atom stereocenters. The van der Waals surface area contributed by atoms with Crippen LogP contribution in [0.4, 0.5) is 0 Å². The van der Waals surface area contributed by atoms with Crippen molar-refractivity contribution in [2.75, 3.05) is 20.2 Å². The van der Waals surface area contributed by atoms with Gasteiger partial charge in [0.1, 0.15) is 5.75 Å². The Morgan fingerprint density at radius 1 is 1.31 bits per heavy atom. The molecule has 1 atom stereocenters. The fourth-order valence-corrected chi connectivity index (χ4v) is 3.58. The first kappa shape index (κ1) is 18.4. The van der Waals surface area contributed by atoms with E-state index in [9.17, 15) is 4.79 Å². The third kappa shape index (κ3) is 5.28. The summed E-state index contributed by atoms with van der Waals surface area (Å²) in [6.07, 6.45) is 10.7. The van der Waals surface area contributed by atoms with Gasteiger partial charge in [0.05, 0.1) is 12.8 Å². The van der Waals surface area contributed by atoms with Crippen LogP contribution in [-0.4, -0.2) is 41.0 Å². The maximum absolute atomic E-state index is 12.5. The molecule has 0 bridgehead atoms. The largest absolute Gasteiger partial charge is 0.497 e. The van der Waals surface area contributed by atoms with Crippen molar-refractivity contribution in [2.24, 2.45) is 5.92 Å². The summed E-state index contributed by atoms with van der Waals surface area (Å²) in [6.45, 7) is 1.76. The molecule has 138 valence electrons. The third-order valence-corrected chi connectivity index (χ3v) is 5.06. The van der Waals surface area contributed by atoms with Gasteiger partial charge in [-0.1, -0.05) is 12.1 Å². The number of nitrogens with zero attached hydrogens (tertiary/aromatic N) is 3. The van der Waals surface area contributed by atoms with Gasteiger partial charge in [-0.3, -0.25) is 14.8 Å². The molecule has 1 saturated heterocycles. The zero-order chi connectivity index (χ0) is 18.2. The van der Waals surface area contributed by atoms with Crippen LogP contribution in [0, 0.1) is 5.92 Å². The molecule has 1 fully saturated rings. The summed E-state index contributed by atoms with van der Waals surface area (Å²) in [7, 11) is 1.70. The molecular formula is C21H27N3O2. The molecule has 5 heteroatoms. The van der Waals surface area contributed by atoms with Gasteiger partial charge in [0.15, 0.2) is 0 Å². The number of aryl methyl sites for hydroxylation is 2. The number of carbonyl (C=O) groups excluding carboxylic acids is 1. The summed E-state index contributed by atoms with van der Waals surface area (Å²) in [5.74, 6) is 1.73. The minimum absolute atomic E-state index is 0.238. The maximum Gasteiger partial charge on any atom is 0.222 e. The number of ether oxygens (including phenoxy) is 1. The van der Waals surface area contributed by atoms with E-state index in [0.29, 0.717) is 18.8 Å².